The Morgan fingerprint density at radius 2 is 1.75 bits per heavy atom. The zero-order valence-corrected chi connectivity index (χ0v) is 18.4. The van der Waals surface area contributed by atoms with Crippen molar-refractivity contribution in [3.05, 3.63) is 92.7 Å². The first kappa shape index (κ1) is 22.3. The maximum atomic E-state index is 14.5. The minimum atomic E-state index is -0.932. The molecule has 0 unspecified atom stereocenters. The molecule has 4 aromatic rings. The zero-order valence-electron chi connectivity index (χ0n) is 16.1. The van der Waals surface area contributed by atoms with Crippen LogP contribution in [0.4, 0.5) is 14.5 Å². The topological polar surface area (TPSA) is 64.0 Å². The third-order valence-electron chi connectivity index (χ3n) is 4.46. The molecule has 0 aliphatic rings. The molecule has 0 fully saturated rings. The van der Waals surface area contributed by atoms with Crippen LogP contribution in [0.2, 0.25) is 10.0 Å². The zero-order chi connectivity index (χ0) is 22.8. The van der Waals surface area contributed by atoms with Crippen molar-refractivity contribution in [2.24, 2.45) is 0 Å². The van der Waals surface area contributed by atoms with Crippen LogP contribution in [0, 0.1) is 11.6 Å². The maximum Gasteiger partial charge on any atom is 0.266 e. The Labute approximate surface area is 195 Å². The third kappa shape index (κ3) is 4.48. The van der Waals surface area contributed by atoms with Crippen molar-refractivity contribution in [2.45, 2.75) is 5.16 Å². The van der Waals surface area contributed by atoms with Gasteiger partial charge in [0.2, 0.25) is 5.91 Å². The molecule has 4 rings (SSSR count). The van der Waals surface area contributed by atoms with Crippen LogP contribution >= 0.6 is 35.0 Å². The van der Waals surface area contributed by atoms with Crippen LogP contribution < -0.4 is 10.9 Å². The van der Waals surface area contributed by atoms with Crippen molar-refractivity contribution >= 4 is 57.5 Å². The Bertz CT molecular complexity index is 1390. The average Bonchev–Trinajstić information content (AvgIpc) is 2.76. The van der Waals surface area contributed by atoms with Crippen molar-refractivity contribution in [3.63, 3.8) is 0 Å². The largest absolute Gasteiger partial charge is 0.323 e. The molecular formula is C22H13Cl2F2N3O2S. The van der Waals surface area contributed by atoms with Crippen molar-refractivity contribution < 1.29 is 13.6 Å². The van der Waals surface area contributed by atoms with Crippen LogP contribution in [-0.2, 0) is 4.79 Å². The second-order valence-electron chi connectivity index (χ2n) is 6.58. The summed E-state index contributed by atoms with van der Waals surface area (Å²) < 4.78 is 29.0. The summed E-state index contributed by atoms with van der Waals surface area (Å²) in [6.07, 6.45) is 0. The minimum Gasteiger partial charge on any atom is -0.323 e. The number of rotatable bonds is 5. The van der Waals surface area contributed by atoms with E-state index < -0.39 is 23.1 Å². The predicted molar refractivity (Wildman–Crippen MR) is 123 cm³/mol. The molecule has 0 saturated carbocycles. The number of carbonyl (C=O) groups excluding carboxylic acids is 1. The first-order chi connectivity index (χ1) is 15.3. The lowest BCUT2D eigenvalue weighted by Gasteiger charge is -2.14. The van der Waals surface area contributed by atoms with Gasteiger partial charge in [0.15, 0.2) is 5.16 Å². The fourth-order valence-electron chi connectivity index (χ4n) is 3.01. The van der Waals surface area contributed by atoms with E-state index in [4.69, 9.17) is 23.2 Å². The number of aromatic nitrogens is 2. The second-order valence-corrected chi connectivity index (χ2v) is 8.34. The predicted octanol–water partition coefficient (Wildman–Crippen LogP) is 5.70. The molecule has 0 radical (unpaired) electrons. The summed E-state index contributed by atoms with van der Waals surface area (Å²) in [5, 5.41) is 3.48. The number of benzene rings is 3. The summed E-state index contributed by atoms with van der Waals surface area (Å²) in [6, 6.07) is 14.2. The number of fused-ring (bicyclic) bond motifs is 1. The number of para-hydroxylation sites is 2. The van der Waals surface area contributed by atoms with Crippen LogP contribution in [0.15, 0.2) is 70.6 Å². The molecule has 1 N–H and O–H groups in total. The Hall–Kier alpha value is -2.94. The van der Waals surface area contributed by atoms with Gasteiger partial charge in [-0.3, -0.25) is 14.2 Å². The first-order valence-electron chi connectivity index (χ1n) is 9.19. The highest BCUT2D eigenvalue weighted by molar-refractivity contribution is 7.99. The van der Waals surface area contributed by atoms with Crippen LogP contribution in [0.1, 0.15) is 0 Å². The van der Waals surface area contributed by atoms with Gasteiger partial charge in [-0.2, -0.15) is 0 Å². The van der Waals surface area contributed by atoms with Crippen molar-refractivity contribution in [1.82, 2.24) is 9.55 Å². The Balaban J connectivity index is 1.71. The number of anilines is 1. The molecule has 0 aliphatic heterocycles. The number of nitrogens with one attached hydrogen (secondary N) is 1. The number of nitrogens with zero attached hydrogens (tertiary/aromatic N) is 2. The van der Waals surface area contributed by atoms with Crippen LogP contribution in [0.3, 0.4) is 0 Å². The Morgan fingerprint density at radius 1 is 1.03 bits per heavy atom. The highest BCUT2D eigenvalue weighted by Gasteiger charge is 2.18. The molecule has 0 saturated heterocycles. The lowest BCUT2D eigenvalue weighted by atomic mass is 10.2. The molecule has 0 bridgehead atoms. The normalized spacial score (nSPS) is 11.0. The quantitative estimate of drug-likeness (QED) is 0.287. The van der Waals surface area contributed by atoms with E-state index in [9.17, 15) is 18.4 Å². The van der Waals surface area contributed by atoms with E-state index in [-0.39, 0.29) is 37.7 Å². The van der Waals surface area contributed by atoms with Gasteiger partial charge in [0.05, 0.1) is 38.1 Å². The highest BCUT2D eigenvalue weighted by atomic mass is 35.5. The van der Waals surface area contributed by atoms with E-state index in [0.717, 1.165) is 28.5 Å². The summed E-state index contributed by atoms with van der Waals surface area (Å²) >= 11 is 13.1. The number of hydrogen-bond donors (Lipinski definition) is 1. The summed E-state index contributed by atoms with van der Waals surface area (Å²) in [5.74, 6) is -2.34. The Kier molecular flexibility index (Phi) is 6.45. The maximum absolute atomic E-state index is 14.5. The molecule has 1 heterocycles. The SMILES string of the molecule is O=C(CSc1nc2ccccc2c(=O)n1-c1ccc(F)cc1F)Nc1c(Cl)cccc1Cl. The van der Waals surface area contributed by atoms with E-state index in [1.165, 1.54) is 0 Å². The van der Waals surface area contributed by atoms with Gasteiger partial charge in [0, 0.05) is 6.07 Å². The minimum absolute atomic E-state index is 0.0691. The van der Waals surface area contributed by atoms with Gasteiger partial charge in [-0.25, -0.2) is 13.8 Å². The smallest absolute Gasteiger partial charge is 0.266 e. The monoisotopic (exact) mass is 491 g/mol. The van der Waals surface area contributed by atoms with Crippen molar-refractivity contribution in [2.75, 3.05) is 11.1 Å². The van der Waals surface area contributed by atoms with E-state index in [0.29, 0.717) is 11.6 Å². The molecule has 1 amide bonds. The highest BCUT2D eigenvalue weighted by Crippen LogP contribution is 2.30. The molecule has 1 aromatic heterocycles. The summed E-state index contributed by atoms with van der Waals surface area (Å²) in [4.78, 5) is 30.1. The fraction of sp³-hybridized carbons (Fsp3) is 0.0455. The molecule has 0 spiro atoms. The Morgan fingerprint density at radius 3 is 2.47 bits per heavy atom. The van der Waals surface area contributed by atoms with E-state index in [1.54, 1.807) is 42.5 Å². The van der Waals surface area contributed by atoms with Crippen LogP contribution in [0.5, 0.6) is 0 Å². The summed E-state index contributed by atoms with van der Waals surface area (Å²) in [6.45, 7) is 0. The molecular weight excluding hydrogens is 479 g/mol. The first-order valence-corrected chi connectivity index (χ1v) is 10.9. The second kappa shape index (κ2) is 9.28. The lowest BCUT2D eigenvalue weighted by Crippen LogP contribution is -2.24. The molecule has 0 aliphatic carbocycles. The average molecular weight is 492 g/mol. The molecule has 162 valence electrons. The number of halogens is 4. The van der Waals surface area contributed by atoms with Crippen molar-refractivity contribution in [1.29, 1.82) is 0 Å². The number of carbonyl (C=O) groups is 1. The standard InChI is InChI=1S/C22H13Cl2F2N3O2S/c23-14-5-3-6-15(24)20(14)28-19(30)11-32-22-27-17-7-2-1-4-13(17)21(31)29(22)18-9-8-12(25)10-16(18)26/h1-10H,11H2,(H,28,30). The lowest BCUT2D eigenvalue weighted by molar-refractivity contribution is -0.113. The van der Waals surface area contributed by atoms with Gasteiger partial charge >= 0.3 is 0 Å². The van der Waals surface area contributed by atoms with Crippen molar-refractivity contribution in [3.8, 4) is 5.69 Å². The van der Waals surface area contributed by atoms with E-state index in [2.05, 4.69) is 10.3 Å². The number of amides is 1. The molecule has 32 heavy (non-hydrogen) atoms. The van der Waals surface area contributed by atoms with Gasteiger partial charge in [-0.05, 0) is 36.4 Å². The van der Waals surface area contributed by atoms with Gasteiger partial charge in [-0.1, -0.05) is 53.2 Å². The number of thioether (sulfide) groups is 1. The van der Waals surface area contributed by atoms with Crippen LogP contribution in [-0.4, -0.2) is 21.2 Å². The summed E-state index contributed by atoms with van der Waals surface area (Å²) in [5.41, 5.74) is -0.0759. The molecule has 3 aromatic carbocycles. The molecule has 10 heteroatoms. The third-order valence-corrected chi connectivity index (χ3v) is 6.02. The van der Waals surface area contributed by atoms with Gasteiger partial charge < -0.3 is 5.32 Å². The number of hydrogen-bond acceptors (Lipinski definition) is 4. The van der Waals surface area contributed by atoms with Gasteiger partial charge in [-0.15, -0.1) is 0 Å². The molecule has 0 atom stereocenters. The van der Waals surface area contributed by atoms with E-state index >= 15 is 0 Å². The molecule has 5 nitrogen and oxygen atoms in total. The van der Waals surface area contributed by atoms with Gasteiger partial charge in [0.25, 0.3) is 5.56 Å². The van der Waals surface area contributed by atoms with E-state index in [1.807, 2.05) is 0 Å². The van der Waals surface area contributed by atoms with Gasteiger partial charge in [0.1, 0.15) is 11.6 Å². The fourth-order valence-corrected chi connectivity index (χ4v) is 4.30. The summed E-state index contributed by atoms with van der Waals surface area (Å²) in [7, 11) is 0. The van der Waals surface area contributed by atoms with Crippen LogP contribution in [0.25, 0.3) is 16.6 Å².